The molecule has 0 atom stereocenters. The highest BCUT2D eigenvalue weighted by Crippen LogP contribution is 2.21. The van der Waals surface area contributed by atoms with Crippen LogP contribution in [0.15, 0.2) is 48.5 Å². The molecule has 0 unspecified atom stereocenters. The second-order valence-electron chi connectivity index (χ2n) is 6.16. The molecule has 3 rings (SSSR count). The zero-order valence-electron chi connectivity index (χ0n) is 14.5. The molecule has 2 aromatic rings. The average Bonchev–Trinajstić information content (AvgIpc) is 2.67. The highest BCUT2D eigenvalue weighted by molar-refractivity contribution is 6.31. The zero-order valence-corrected chi connectivity index (χ0v) is 15.2. The SMILES string of the molecule is COc1ccc(N2CCN(C(=O)CCc3ccccc3Cl)CC2)cc1. The Bertz CT molecular complexity index is 710. The number of aryl methyl sites for hydroxylation is 1. The van der Waals surface area contributed by atoms with Gasteiger partial charge in [-0.15, -0.1) is 0 Å². The van der Waals surface area contributed by atoms with Gasteiger partial charge in [-0.1, -0.05) is 29.8 Å². The molecule has 1 aliphatic heterocycles. The van der Waals surface area contributed by atoms with E-state index in [-0.39, 0.29) is 5.91 Å². The smallest absolute Gasteiger partial charge is 0.223 e. The van der Waals surface area contributed by atoms with Gasteiger partial charge in [-0.2, -0.15) is 0 Å². The number of hydrogen-bond acceptors (Lipinski definition) is 3. The molecule has 25 heavy (non-hydrogen) atoms. The van der Waals surface area contributed by atoms with E-state index in [1.165, 1.54) is 5.69 Å². The molecule has 2 aromatic carbocycles. The fraction of sp³-hybridized carbons (Fsp3) is 0.350. The molecule has 4 nitrogen and oxygen atoms in total. The third-order valence-electron chi connectivity index (χ3n) is 4.64. The number of amides is 1. The number of anilines is 1. The van der Waals surface area contributed by atoms with Crippen molar-refractivity contribution >= 4 is 23.2 Å². The van der Waals surface area contributed by atoms with Crippen LogP contribution in [0.3, 0.4) is 0 Å². The molecule has 0 radical (unpaired) electrons. The lowest BCUT2D eigenvalue weighted by atomic mass is 10.1. The van der Waals surface area contributed by atoms with Crippen molar-refractivity contribution < 1.29 is 9.53 Å². The molecule has 0 aliphatic carbocycles. The van der Waals surface area contributed by atoms with Crippen molar-refractivity contribution in [1.29, 1.82) is 0 Å². The van der Waals surface area contributed by atoms with Crippen molar-refractivity contribution in [3.63, 3.8) is 0 Å². The van der Waals surface area contributed by atoms with Crippen LogP contribution >= 0.6 is 11.6 Å². The normalized spacial score (nSPS) is 14.5. The Morgan fingerprint density at radius 3 is 2.36 bits per heavy atom. The molecular weight excluding hydrogens is 336 g/mol. The Morgan fingerprint density at radius 1 is 1.04 bits per heavy atom. The summed E-state index contributed by atoms with van der Waals surface area (Å²) < 4.78 is 5.20. The van der Waals surface area contributed by atoms with Crippen LogP contribution in [0.5, 0.6) is 5.75 Å². The van der Waals surface area contributed by atoms with E-state index >= 15 is 0 Å². The standard InChI is InChI=1S/C20H23ClN2O2/c1-25-18-9-7-17(8-10-18)22-12-14-23(15-13-22)20(24)11-6-16-4-2-3-5-19(16)21/h2-5,7-10H,6,11-15H2,1H3. The van der Waals surface area contributed by atoms with Gasteiger partial charge < -0.3 is 14.5 Å². The molecule has 1 amide bonds. The van der Waals surface area contributed by atoms with Crippen molar-refractivity contribution in [2.75, 3.05) is 38.2 Å². The molecule has 1 fully saturated rings. The number of carbonyl (C=O) groups is 1. The highest BCUT2D eigenvalue weighted by atomic mass is 35.5. The van der Waals surface area contributed by atoms with Crippen molar-refractivity contribution in [2.45, 2.75) is 12.8 Å². The van der Waals surface area contributed by atoms with Gasteiger partial charge in [-0.05, 0) is 42.3 Å². The second kappa shape index (κ2) is 8.26. The first-order valence-electron chi connectivity index (χ1n) is 8.57. The summed E-state index contributed by atoms with van der Waals surface area (Å²) in [7, 11) is 1.67. The van der Waals surface area contributed by atoms with Crippen molar-refractivity contribution in [3.05, 3.63) is 59.1 Å². The summed E-state index contributed by atoms with van der Waals surface area (Å²) in [5.41, 5.74) is 2.21. The third kappa shape index (κ3) is 4.45. The Morgan fingerprint density at radius 2 is 1.72 bits per heavy atom. The van der Waals surface area contributed by atoms with Crippen LogP contribution in [-0.2, 0) is 11.2 Å². The lowest BCUT2D eigenvalue weighted by Crippen LogP contribution is -2.48. The molecule has 132 valence electrons. The monoisotopic (exact) mass is 358 g/mol. The van der Waals surface area contributed by atoms with Crippen LogP contribution in [0, 0.1) is 0 Å². The van der Waals surface area contributed by atoms with E-state index in [1.807, 2.05) is 41.3 Å². The number of hydrogen-bond donors (Lipinski definition) is 0. The summed E-state index contributed by atoms with van der Waals surface area (Å²) in [6.07, 6.45) is 1.20. The van der Waals surface area contributed by atoms with Crippen LogP contribution in [0.4, 0.5) is 5.69 Å². The highest BCUT2D eigenvalue weighted by Gasteiger charge is 2.21. The number of nitrogens with zero attached hydrogens (tertiary/aromatic N) is 2. The van der Waals surface area contributed by atoms with E-state index in [0.29, 0.717) is 12.8 Å². The molecule has 0 bridgehead atoms. The lowest BCUT2D eigenvalue weighted by molar-refractivity contribution is -0.131. The summed E-state index contributed by atoms with van der Waals surface area (Å²) in [6, 6.07) is 15.8. The van der Waals surface area contributed by atoms with Gasteiger partial charge in [0.25, 0.3) is 0 Å². The van der Waals surface area contributed by atoms with Crippen LogP contribution in [0.2, 0.25) is 5.02 Å². The minimum atomic E-state index is 0.203. The van der Waals surface area contributed by atoms with Crippen LogP contribution in [-0.4, -0.2) is 44.1 Å². The van der Waals surface area contributed by atoms with Crippen molar-refractivity contribution in [2.24, 2.45) is 0 Å². The predicted octanol–water partition coefficient (Wildman–Crippen LogP) is 3.63. The van der Waals surface area contributed by atoms with E-state index in [2.05, 4.69) is 17.0 Å². The third-order valence-corrected chi connectivity index (χ3v) is 5.00. The van der Waals surface area contributed by atoms with Gasteiger partial charge in [0.15, 0.2) is 0 Å². The number of benzene rings is 2. The maximum atomic E-state index is 12.5. The topological polar surface area (TPSA) is 32.8 Å². The molecule has 1 saturated heterocycles. The summed E-state index contributed by atoms with van der Waals surface area (Å²) >= 11 is 6.16. The minimum Gasteiger partial charge on any atom is -0.497 e. The molecular formula is C20H23ClN2O2. The Labute approximate surface area is 154 Å². The van der Waals surface area contributed by atoms with Gasteiger partial charge in [0.2, 0.25) is 5.91 Å². The van der Waals surface area contributed by atoms with Gasteiger partial charge in [-0.25, -0.2) is 0 Å². The summed E-state index contributed by atoms with van der Waals surface area (Å²) in [5, 5.41) is 0.736. The maximum Gasteiger partial charge on any atom is 0.223 e. The first-order chi connectivity index (χ1) is 12.2. The van der Waals surface area contributed by atoms with Gasteiger partial charge in [-0.3, -0.25) is 4.79 Å². The number of halogens is 1. The molecule has 0 spiro atoms. The van der Waals surface area contributed by atoms with E-state index < -0.39 is 0 Å². The predicted molar refractivity (Wildman–Crippen MR) is 102 cm³/mol. The molecule has 0 saturated carbocycles. The molecule has 5 heteroatoms. The Kier molecular flexibility index (Phi) is 5.82. The fourth-order valence-corrected chi connectivity index (χ4v) is 3.34. The molecule has 0 N–H and O–H groups in total. The first kappa shape index (κ1) is 17.6. The number of methoxy groups -OCH3 is 1. The molecule has 1 aliphatic rings. The van der Waals surface area contributed by atoms with E-state index in [0.717, 1.165) is 42.5 Å². The molecule has 1 heterocycles. The lowest BCUT2D eigenvalue weighted by Gasteiger charge is -2.36. The van der Waals surface area contributed by atoms with Crippen LogP contribution in [0.1, 0.15) is 12.0 Å². The van der Waals surface area contributed by atoms with E-state index in [4.69, 9.17) is 16.3 Å². The summed E-state index contributed by atoms with van der Waals surface area (Å²) in [4.78, 5) is 16.7. The van der Waals surface area contributed by atoms with Crippen LogP contribution in [0.25, 0.3) is 0 Å². The fourth-order valence-electron chi connectivity index (χ4n) is 3.11. The number of carbonyl (C=O) groups excluding carboxylic acids is 1. The van der Waals surface area contributed by atoms with Crippen molar-refractivity contribution in [3.8, 4) is 5.75 Å². The largest absolute Gasteiger partial charge is 0.497 e. The number of ether oxygens (including phenoxy) is 1. The van der Waals surface area contributed by atoms with Crippen molar-refractivity contribution in [1.82, 2.24) is 4.90 Å². The van der Waals surface area contributed by atoms with Gasteiger partial charge in [0, 0.05) is 43.3 Å². The second-order valence-corrected chi connectivity index (χ2v) is 6.56. The Hall–Kier alpha value is -2.20. The quantitative estimate of drug-likeness (QED) is 0.818. The number of piperazine rings is 1. The van der Waals surface area contributed by atoms with Gasteiger partial charge in [0.1, 0.15) is 5.75 Å². The number of rotatable bonds is 5. The van der Waals surface area contributed by atoms with Crippen LogP contribution < -0.4 is 9.64 Å². The maximum absolute atomic E-state index is 12.5. The van der Waals surface area contributed by atoms with Gasteiger partial charge in [0.05, 0.1) is 7.11 Å². The Balaban J connectivity index is 1.49. The average molecular weight is 359 g/mol. The molecule has 0 aromatic heterocycles. The van der Waals surface area contributed by atoms with Gasteiger partial charge >= 0.3 is 0 Å². The zero-order chi connectivity index (χ0) is 17.6. The first-order valence-corrected chi connectivity index (χ1v) is 8.95. The summed E-state index contributed by atoms with van der Waals surface area (Å²) in [5.74, 6) is 1.06. The van der Waals surface area contributed by atoms with E-state index in [9.17, 15) is 4.79 Å². The summed E-state index contributed by atoms with van der Waals surface area (Å²) in [6.45, 7) is 3.22. The minimum absolute atomic E-state index is 0.203. The van der Waals surface area contributed by atoms with E-state index in [1.54, 1.807) is 7.11 Å².